The van der Waals surface area contributed by atoms with Gasteiger partial charge < -0.3 is 10.6 Å². The highest BCUT2D eigenvalue weighted by atomic mass is 79.9. The molecule has 26 heavy (non-hydrogen) atoms. The number of rotatable bonds is 5. The van der Waals surface area contributed by atoms with E-state index < -0.39 is 0 Å². The van der Waals surface area contributed by atoms with E-state index in [1.54, 1.807) is 18.3 Å². The van der Waals surface area contributed by atoms with Gasteiger partial charge in [-0.25, -0.2) is 9.97 Å². The standard InChI is InChI=1S/C18H19BrN6O/c19-13-11-14(18(21)22-12-13)17(26)15-3-1-4-16(23-15)25-9-7-24(8-10-25)6-2-5-20/h1,3-4,11-12H,2,6-10H2,(H2,21,22). The first-order valence-corrected chi connectivity index (χ1v) is 9.15. The summed E-state index contributed by atoms with van der Waals surface area (Å²) in [5, 5.41) is 8.69. The number of halogens is 1. The summed E-state index contributed by atoms with van der Waals surface area (Å²) in [5.74, 6) is 0.722. The number of hydrogen-bond acceptors (Lipinski definition) is 7. The Kier molecular flexibility index (Phi) is 5.81. The lowest BCUT2D eigenvalue weighted by Gasteiger charge is -2.35. The van der Waals surface area contributed by atoms with Crippen molar-refractivity contribution in [3.8, 4) is 6.07 Å². The quantitative estimate of drug-likeness (QED) is 0.747. The Morgan fingerprint density at radius 3 is 2.81 bits per heavy atom. The number of nitriles is 1. The number of aromatic nitrogens is 2. The van der Waals surface area contributed by atoms with E-state index in [0.717, 1.165) is 38.5 Å². The normalized spacial score (nSPS) is 14.8. The molecule has 1 saturated heterocycles. The maximum atomic E-state index is 12.8. The number of nitrogen functional groups attached to an aromatic ring is 1. The van der Waals surface area contributed by atoms with Crippen molar-refractivity contribution in [2.75, 3.05) is 43.4 Å². The highest BCUT2D eigenvalue weighted by molar-refractivity contribution is 9.10. The zero-order chi connectivity index (χ0) is 18.5. The third-order valence-corrected chi connectivity index (χ3v) is 4.77. The van der Waals surface area contributed by atoms with Crippen molar-refractivity contribution in [2.45, 2.75) is 6.42 Å². The molecular formula is C18H19BrN6O. The predicted octanol–water partition coefficient (Wildman–Crippen LogP) is 2.09. The van der Waals surface area contributed by atoms with Crippen LogP contribution in [0.2, 0.25) is 0 Å². The van der Waals surface area contributed by atoms with E-state index in [0.29, 0.717) is 22.2 Å². The van der Waals surface area contributed by atoms with Gasteiger partial charge in [-0.3, -0.25) is 9.69 Å². The molecule has 0 aliphatic carbocycles. The van der Waals surface area contributed by atoms with E-state index in [1.165, 1.54) is 0 Å². The number of nitrogens with zero attached hydrogens (tertiary/aromatic N) is 5. The molecule has 1 aliphatic rings. The van der Waals surface area contributed by atoms with Crippen LogP contribution in [0, 0.1) is 11.3 Å². The molecule has 1 aliphatic heterocycles. The van der Waals surface area contributed by atoms with Gasteiger partial charge in [-0.05, 0) is 34.1 Å². The molecule has 7 nitrogen and oxygen atoms in total. The van der Waals surface area contributed by atoms with Crippen molar-refractivity contribution in [2.24, 2.45) is 0 Å². The van der Waals surface area contributed by atoms with Crippen LogP contribution >= 0.6 is 15.9 Å². The zero-order valence-corrected chi connectivity index (χ0v) is 15.8. The number of ketones is 1. The molecule has 2 aromatic heterocycles. The van der Waals surface area contributed by atoms with Crippen LogP contribution in [0.5, 0.6) is 0 Å². The van der Waals surface area contributed by atoms with Crippen LogP contribution in [-0.2, 0) is 0 Å². The molecule has 2 aromatic rings. The van der Waals surface area contributed by atoms with E-state index >= 15 is 0 Å². The predicted molar refractivity (Wildman–Crippen MR) is 103 cm³/mol. The van der Waals surface area contributed by atoms with Gasteiger partial charge in [0.1, 0.15) is 17.3 Å². The lowest BCUT2D eigenvalue weighted by Crippen LogP contribution is -2.46. The van der Waals surface area contributed by atoms with Crippen LogP contribution in [0.4, 0.5) is 11.6 Å². The Labute approximate surface area is 160 Å². The third-order valence-electron chi connectivity index (χ3n) is 4.33. The van der Waals surface area contributed by atoms with E-state index in [9.17, 15) is 4.79 Å². The topological polar surface area (TPSA) is 99.1 Å². The molecule has 8 heteroatoms. The van der Waals surface area contributed by atoms with E-state index in [-0.39, 0.29) is 11.6 Å². The minimum atomic E-state index is -0.245. The van der Waals surface area contributed by atoms with Crippen LogP contribution in [0.25, 0.3) is 0 Å². The summed E-state index contributed by atoms with van der Waals surface area (Å²) >= 11 is 3.31. The number of piperazine rings is 1. The summed E-state index contributed by atoms with van der Waals surface area (Å²) in [7, 11) is 0. The third kappa shape index (κ3) is 4.18. The van der Waals surface area contributed by atoms with Crippen LogP contribution in [0.1, 0.15) is 22.5 Å². The second-order valence-corrected chi connectivity index (χ2v) is 6.95. The summed E-state index contributed by atoms with van der Waals surface area (Å²) in [5.41, 5.74) is 6.53. The molecule has 0 unspecified atom stereocenters. The van der Waals surface area contributed by atoms with Crippen molar-refractivity contribution < 1.29 is 4.79 Å². The summed E-state index contributed by atoms with van der Waals surface area (Å²) in [6.07, 6.45) is 2.10. The lowest BCUT2D eigenvalue weighted by atomic mass is 10.1. The fourth-order valence-corrected chi connectivity index (χ4v) is 3.24. The maximum absolute atomic E-state index is 12.8. The minimum Gasteiger partial charge on any atom is -0.383 e. The van der Waals surface area contributed by atoms with Gasteiger partial charge in [0.2, 0.25) is 5.78 Å². The van der Waals surface area contributed by atoms with Gasteiger partial charge in [0, 0.05) is 49.8 Å². The van der Waals surface area contributed by atoms with Crippen LogP contribution < -0.4 is 10.6 Å². The summed E-state index contributed by atoms with van der Waals surface area (Å²) in [6.45, 7) is 4.19. The molecule has 3 rings (SSSR count). The van der Waals surface area contributed by atoms with Gasteiger partial charge in [-0.15, -0.1) is 0 Å². The van der Waals surface area contributed by atoms with E-state index in [1.807, 2.05) is 12.1 Å². The fourth-order valence-electron chi connectivity index (χ4n) is 2.90. The van der Waals surface area contributed by atoms with E-state index in [2.05, 4.69) is 41.8 Å². The second-order valence-electron chi connectivity index (χ2n) is 6.03. The number of hydrogen-bond donors (Lipinski definition) is 1. The van der Waals surface area contributed by atoms with Gasteiger partial charge in [0.15, 0.2) is 0 Å². The minimum absolute atomic E-state index is 0.191. The van der Waals surface area contributed by atoms with Gasteiger partial charge in [-0.2, -0.15) is 5.26 Å². The van der Waals surface area contributed by atoms with Crippen molar-refractivity contribution in [3.05, 3.63) is 46.2 Å². The second kappa shape index (κ2) is 8.25. The molecule has 0 bridgehead atoms. The van der Waals surface area contributed by atoms with Crippen molar-refractivity contribution >= 4 is 33.3 Å². The number of carbonyl (C=O) groups is 1. The molecule has 1 fully saturated rings. The van der Waals surface area contributed by atoms with Crippen LogP contribution in [-0.4, -0.2) is 53.4 Å². The van der Waals surface area contributed by atoms with Crippen molar-refractivity contribution in [3.63, 3.8) is 0 Å². The zero-order valence-electron chi connectivity index (χ0n) is 14.2. The first kappa shape index (κ1) is 18.3. The number of nitrogens with two attached hydrogens (primary N) is 1. The lowest BCUT2D eigenvalue weighted by molar-refractivity contribution is 0.103. The monoisotopic (exact) mass is 414 g/mol. The van der Waals surface area contributed by atoms with Crippen molar-refractivity contribution in [1.82, 2.24) is 14.9 Å². The van der Waals surface area contributed by atoms with Crippen LogP contribution in [0.3, 0.4) is 0 Å². The SMILES string of the molecule is N#CCCN1CCN(c2cccc(C(=O)c3cc(Br)cnc3N)n2)CC1. The van der Waals surface area contributed by atoms with Gasteiger partial charge in [0.25, 0.3) is 0 Å². The average Bonchev–Trinajstić information content (AvgIpc) is 2.68. The largest absolute Gasteiger partial charge is 0.383 e. The number of anilines is 2. The van der Waals surface area contributed by atoms with Gasteiger partial charge in [0.05, 0.1) is 11.6 Å². The number of carbonyl (C=O) groups excluding carboxylic acids is 1. The Hall–Kier alpha value is -2.50. The summed E-state index contributed by atoms with van der Waals surface area (Å²) in [6, 6.07) is 9.27. The molecule has 0 aromatic carbocycles. The fraction of sp³-hybridized carbons (Fsp3) is 0.333. The molecule has 2 N–H and O–H groups in total. The highest BCUT2D eigenvalue weighted by Gasteiger charge is 2.20. The Morgan fingerprint density at radius 2 is 2.08 bits per heavy atom. The molecule has 0 spiro atoms. The molecule has 0 atom stereocenters. The summed E-state index contributed by atoms with van der Waals surface area (Å²) < 4.78 is 0.694. The molecule has 134 valence electrons. The Balaban J connectivity index is 1.74. The van der Waals surface area contributed by atoms with Crippen molar-refractivity contribution in [1.29, 1.82) is 5.26 Å². The first-order chi connectivity index (χ1) is 12.6. The average molecular weight is 415 g/mol. The summed E-state index contributed by atoms with van der Waals surface area (Å²) in [4.78, 5) is 25.7. The molecule has 0 saturated carbocycles. The van der Waals surface area contributed by atoms with Gasteiger partial charge in [-0.1, -0.05) is 6.07 Å². The number of pyridine rings is 2. The van der Waals surface area contributed by atoms with Gasteiger partial charge >= 0.3 is 0 Å². The van der Waals surface area contributed by atoms with Crippen LogP contribution in [0.15, 0.2) is 34.9 Å². The highest BCUT2D eigenvalue weighted by Crippen LogP contribution is 2.20. The maximum Gasteiger partial charge on any atom is 0.215 e. The smallest absolute Gasteiger partial charge is 0.215 e. The first-order valence-electron chi connectivity index (χ1n) is 8.35. The molecular weight excluding hydrogens is 396 g/mol. The molecule has 0 radical (unpaired) electrons. The van der Waals surface area contributed by atoms with E-state index in [4.69, 9.17) is 11.0 Å². The Bertz CT molecular complexity index is 842. The molecule has 3 heterocycles. The Morgan fingerprint density at radius 1 is 1.31 bits per heavy atom. The molecule has 0 amide bonds.